The molecule has 280 valence electrons. The quantitative estimate of drug-likeness (QED) is 0.109. The number of carboxylic acids is 1. The summed E-state index contributed by atoms with van der Waals surface area (Å²) >= 11 is 3.96. The molecule has 2 aromatic heterocycles. The molecule has 8 rings (SSSR count). The number of rotatable bonds is 14. The van der Waals surface area contributed by atoms with Crippen molar-refractivity contribution in [2.24, 2.45) is 0 Å². The van der Waals surface area contributed by atoms with E-state index in [2.05, 4.69) is 65.3 Å². The molecule has 4 aromatic carbocycles. The number of carbonyl (C=O) groups is 1. The lowest BCUT2D eigenvalue weighted by molar-refractivity contribution is 0.0684. The summed E-state index contributed by atoms with van der Waals surface area (Å²) in [5, 5.41) is 25.5. The van der Waals surface area contributed by atoms with Crippen molar-refractivity contribution < 1.29 is 14.3 Å². The van der Waals surface area contributed by atoms with Gasteiger partial charge in [-0.3, -0.25) is 0 Å². The van der Waals surface area contributed by atoms with Crippen molar-refractivity contribution in [2.45, 2.75) is 58.0 Å². The predicted octanol–water partition coefficient (Wildman–Crippen LogP) is 10.5. The molecule has 1 N–H and O–H groups in total. The first-order valence-corrected chi connectivity index (χ1v) is 19.8. The fourth-order valence-corrected chi connectivity index (χ4v) is 8.71. The first-order valence-electron chi connectivity index (χ1n) is 19.0. The van der Waals surface area contributed by atoms with Crippen LogP contribution in [0.5, 0.6) is 0 Å². The fourth-order valence-electron chi connectivity index (χ4n) is 7.95. The highest BCUT2D eigenvalue weighted by atomic mass is 79.9. The van der Waals surface area contributed by atoms with Crippen LogP contribution in [0.25, 0.3) is 33.6 Å². The van der Waals surface area contributed by atoms with Gasteiger partial charge in [-0.2, -0.15) is 0 Å². The second-order valence-electron chi connectivity index (χ2n) is 13.9. The molecule has 0 saturated heterocycles. The normalized spacial score (nSPS) is 11.7. The van der Waals surface area contributed by atoms with Gasteiger partial charge < -0.3 is 14.1 Å². The highest BCUT2D eigenvalue weighted by molar-refractivity contribution is 9.10. The van der Waals surface area contributed by atoms with Crippen LogP contribution in [0.4, 0.5) is 0 Å². The summed E-state index contributed by atoms with van der Waals surface area (Å²) < 4.78 is 8.44. The molecule has 1 aliphatic carbocycles. The number of unbranched alkanes of at least 4 members (excludes halogenated alkanes) is 1. The average Bonchev–Trinajstić information content (AvgIpc) is 3.94. The Labute approximate surface area is 334 Å². The Morgan fingerprint density at radius 1 is 0.750 bits per heavy atom. The molecule has 0 atom stereocenters. The predicted molar refractivity (Wildman–Crippen MR) is 221 cm³/mol. The molecule has 3 heterocycles. The maximum Gasteiger partial charge on any atom is 0.354 e. The van der Waals surface area contributed by atoms with Crippen LogP contribution in [-0.4, -0.2) is 40.8 Å². The SMILES string of the molecule is CCCCc1nc(CCC)c(C(=O)O)n1Cc1c2ccocc-2c(Br)c1-c1ccccc1-c1nnn(C(c2ccccc2)(c2ccccc2)c2ccccc2)n1. The molecule has 56 heavy (non-hydrogen) atoms. The summed E-state index contributed by atoms with van der Waals surface area (Å²) in [5.74, 6) is 0.250. The second kappa shape index (κ2) is 15.9. The minimum atomic E-state index is -0.977. The van der Waals surface area contributed by atoms with Crippen LogP contribution < -0.4 is 0 Å². The molecule has 0 amide bonds. The van der Waals surface area contributed by atoms with Gasteiger partial charge in [-0.15, -0.1) is 15.0 Å². The number of benzene rings is 4. The maximum absolute atomic E-state index is 12.9. The van der Waals surface area contributed by atoms with Gasteiger partial charge in [0.1, 0.15) is 5.82 Å². The number of hydrogen-bond acceptors (Lipinski definition) is 6. The zero-order valence-electron chi connectivity index (χ0n) is 31.3. The summed E-state index contributed by atoms with van der Waals surface area (Å²) in [6, 6.07) is 40.8. The maximum atomic E-state index is 12.9. The first kappa shape index (κ1) is 36.8. The summed E-state index contributed by atoms with van der Waals surface area (Å²) in [4.78, 5) is 19.6. The Hall–Kier alpha value is -6.13. The van der Waals surface area contributed by atoms with Gasteiger partial charge in [-0.05, 0) is 73.4 Å². The summed E-state index contributed by atoms with van der Waals surface area (Å²) in [5.41, 5.74) is 8.20. The highest BCUT2D eigenvalue weighted by Gasteiger charge is 2.41. The molecule has 0 unspecified atom stereocenters. The molecule has 1 aliphatic heterocycles. The number of hydrogen-bond donors (Lipinski definition) is 1. The Morgan fingerprint density at radius 2 is 1.36 bits per heavy atom. The largest absolute Gasteiger partial charge is 0.477 e. The molecule has 0 saturated carbocycles. The van der Waals surface area contributed by atoms with E-state index in [-0.39, 0.29) is 5.69 Å². The van der Waals surface area contributed by atoms with Crippen LogP contribution in [0.1, 0.15) is 77.4 Å². The van der Waals surface area contributed by atoms with Crippen molar-refractivity contribution in [1.29, 1.82) is 0 Å². The van der Waals surface area contributed by atoms with Gasteiger partial charge in [0.25, 0.3) is 0 Å². The Bertz CT molecular complexity index is 2460. The number of imidazole rings is 1. The van der Waals surface area contributed by atoms with Crippen LogP contribution >= 0.6 is 15.9 Å². The van der Waals surface area contributed by atoms with Crippen LogP contribution in [0.3, 0.4) is 0 Å². The van der Waals surface area contributed by atoms with E-state index in [1.54, 1.807) is 17.3 Å². The van der Waals surface area contributed by atoms with E-state index in [0.717, 1.165) is 79.6 Å². The number of nitrogens with zero attached hydrogens (tertiary/aromatic N) is 6. The zero-order valence-corrected chi connectivity index (χ0v) is 32.9. The van der Waals surface area contributed by atoms with Gasteiger partial charge in [0.2, 0.25) is 5.82 Å². The molecule has 2 aliphatic rings. The molecular weight excluding hydrogens is 764 g/mol. The van der Waals surface area contributed by atoms with Gasteiger partial charge in [-0.1, -0.05) is 142 Å². The third kappa shape index (κ3) is 6.43. The van der Waals surface area contributed by atoms with E-state index >= 15 is 0 Å². The van der Waals surface area contributed by atoms with Gasteiger partial charge in [0.15, 0.2) is 11.2 Å². The van der Waals surface area contributed by atoms with Gasteiger partial charge in [0, 0.05) is 27.6 Å². The van der Waals surface area contributed by atoms with Crippen LogP contribution in [0.15, 0.2) is 143 Å². The van der Waals surface area contributed by atoms with Gasteiger partial charge in [-0.25, -0.2) is 9.78 Å². The first-order chi connectivity index (χ1) is 27.5. The van der Waals surface area contributed by atoms with E-state index in [4.69, 9.17) is 24.8 Å². The van der Waals surface area contributed by atoms with Crippen LogP contribution in [0.2, 0.25) is 0 Å². The smallest absolute Gasteiger partial charge is 0.354 e. The van der Waals surface area contributed by atoms with Crippen molar-refractivity contribution in [3.05, 3.63) is 178 Å². The van der Waals surface area contributed by atoms with E-state index in [0.29, 0.717) is 30.9 Å². The van der Waals surface area contributed by atoms with Crippen molar-refractivity contribution in [3.8, 4) is 33.6 Å². The number of fused-ring (bicyclic) bond motifs is 1. The Balaban J connectivity index is 1.33. The Kier molecular flexibility index (Phi) is 10.5. The summed E-state index contributed by atoms with van der Waals surface area (Å²) in [6.07, 6.45) is 7.32. The van der Waals surface area contributed by atoms with Crippen LogP contribution in [-0.2, 0) is 24.9 Å². The van der Waals surface area contributed by atoms with E-state index in [1.165, 1.54) is 0 Å². The molecule has 9 nitrogen and oxygen atoms in total. The van der Waals surface area contributed by atoms with E-state index in [1.807, 2.05) is 90.4 Å². The number of aromatic carboxylic acids is 1. The molecule has 0 fully saturated rings. The number of carboxylic acid groups (broad SMARTS) is 1. The number of aromatic nitrogens is 6. The van der Waals surface area contributed by atoms with Gasteiger partial charge >= 0.3 is 5.97 Å². The molecule has 10 heteroatoms. The molecule has 6 aromatic rings. The molecular formula is C46H41BrN6O3. The lowest BCUT2D eigenvalue weighted by atomic mass is 9.77. The Morgan fingerprint density at radius 3 is 1.95 bits per heavy atom. The van der Waals surface area contributed by atoms with Crippen molar-refractivity contribution in [1.82, 2.24) is 29.8 Å². The second-order valence-corrected chi connectivity index (χ2v) is 14.7. The number of aryl methyl sites for hydroxylation is 2. The summed E-state index contributed by atoms with van der Waals surface area (Å²) in [7, 11) is 0. The molecule has 0 radical (unpaired) electrons. The molecule has 0 bridgehead atoms. The third-order valence-corrected chi connectivity index (χ3v) is 11.3. The molecule has 0 spiro atoms. The topological polar surface area (TPSA) is 112 Å². The van der Waals surface area contributed by atoms with E-state index < -0.39 is 11.5 Å². The minimum absolute atomic E-state index is 0.243. The van der Waals surface area contributed by atoms with Gasteiger partial charge in [0.05, 0.1) is 24.8 Å². The van der Waals surface area contributed by atoms with E-state index in [9.17, 15) is 9.90 Å². The van der Waals surface area contributed by atoms with Crippen LogP contribution in [0, 0.1) is 0 Å². The zero-order chi connectivity index (χ0) is 38.6. The third-order valence-electron chi connectivity index (χ3n) is 10.5. The monoisotopic (exact) mass is 804 g/mol. The minimum Gasteiger partial charge on any atom is -0.477 e. The van der Waals surface area contributed by atoms with Crippen molar-refractivity contribution in [3.63, 3.8) is 0 Å². The summed E-state index contributed by atoms with van der Waals surface area (Å²) in [6.45, 7) is 4.48. The standard InChI is InChI=1S/C46H41BrN6O3/c1-3-5-26-40-48-39(17-4-2)43(45(54)55)52(40)29-37-34-27-28-56-30-38(34)42(47)41(37)35-24-15-16-25-36(35)44-49-51-53(50-44)46(31-18-9-6-10-19-31,32-20-11-7-12-21-32)33-22-13-8-14-23-33/h6-16,18-25,27-28,30H,3-5,17,26,29H2,1-2H3,(H,54,55). The fraction of sp³-hybridized carbons (Fsp3) is 0.196. The van der Waals surface area contributed by atoms with Crippen molar-refractivity contribution >= 4 is 21.9 Å². The number of tetrazole rings is 1. The highest BCUT2D eigenvalue weighted by Crippen LogP contribution is 2.49. The lowest BCUT2D eigenvalue weighted by Gasteiger charge is -2.34. The average molecular weight is 806 g/mol. The van der Waals surface area contributed by atoms with Crippen molar-refractivity contribution in [2.75, 3.05) is 0 Å². The number of halogens is 1. The lowest BCUT2D eigenvalue weighted by Crippen LogP contribution is -2.39.